The lowest BCUT2D eigenvalue weighted by Crippen LogP contribution is -2.25. The fraction of sp³-hybridized carbons (Fsp3) is 0.333. The number of rotatable bonds is 5. The first kappa shape index (κ1) is 14.9. The molecule has 6 nitrogen and oxygen atoms in total. The minimum Gasteiger partial charge on any atom is -0.397 e. The number of benzene rings is 1. The summed E-state index contributed by atoms with van der Waals surface area (Å²) in [7, 11) is 3.79. The Morgan fingerprint density at radius 2 is 2.14 bits per heavy atom. The molecule has 21 heavy (non-hydrogen) atoms. The standard InChI is InChI=1S/C15H19N5O/c1-4-12(21)9-11-5-6-13(16)14(10-11)17-18-15-19(2)7-8-20(15)3/h5-8,10,16H,4,9H2,1-3H3/p+1. The highest BCUT2D eigenvalue weighted by Gasteiger charge is 2.11. The number of hydrogen-bond acceptors (Lipinski definition) is 4. The van der Waals surface area contributed by atoms with E-state index in [-0.39, 0.29) is 5.78 Å². The second kappa shape index (κ2) is 6.30. The predicted molar refractivity (Wildman–Crippen MR) is 80.6 cm³/mol. The predicted octanol–water partition coefficient (Wildman–Crippen LogP) is 2.37. The summed E-state index contributed by atoms with van der Waals surface area (Å²) < 4.78 is 3.73. The van der Waals surface area contributed by atoms with Crippen molar-refractivity contribution in [2.75, 3.05) is 5.73 Å². The van der Waals surface area contributed by atoms with Crippen molar-refractivity contribution in [3.8, 4) is 0 Å². The van der Waals surface area contributed by atoms with Crippen molar-refractivity contribution in [1.29, 1.82) is 0 Å². The summed E-state index contributed by atoms with van der Waals surface area (Å²) >= 11 is 0. The average Bonchev–Trinajstić information content (AvgIpc) is 2.78. The van der Waals surface area contributed by atoms with Crippen LogP contribution in [0.1, 0.15) is 18.9 Å². The SMILES string of the molecule is CCC(=O)Cc1ccc(N)c(N=Nc2n(C)cc[n+]2C)c1. The molecule has 2 rings (SSSR count). The number of nitrogen functional groups attached to an aromatic ring is 1. The zero-order valence-corrected chi connectivity index (χ0v) is 12.6. The number of anilines is 1. The second-order valence-electron chi connectivity index (χ2n) is 4.98. The number of hydrogen-bond donors (Lipinski definition) is 1. The molecule has 6 heteroatoms. The third kappa shape index (κ3) is 3.53. The number of nitrogens with zero attached hydrogens (tertiary/aromatic N) is 4. The molecule has 0 atom stereocenters. The molecule has 0 saturated carbocycles. The lowest BCUT2D eigenvalue weighted by atomic mass is 10.1. The highest BCUT2D eigenvalue weighted by Crippen LogP contribution is 2.25. The molecule has 1 aromatic heterocycles. The van der Waals surface area contributed by atoms with E-state index < -0.39 is 0 Å². The summed E-state index contributed by atoms with van der Waals surface area (Å²) in [6.07, 6.45) is 4.72. The number of carbonyl (C=O) groups is 1. The number of imidazole rings is 1. The number of Topliss-reactive ketones (excluding diaryl/α,β-unsaturated/α-hetero) is 1. The van der Waals surface area contributed by atoms with Crippen molar-refractivity contribution >= 4 is 23.1 Å². The quantitative estimate of drug-likeness (QED) is 0.520. The van der Waals surface area contributed by atoms with Crippen molar-refractivity contribution < 1.29 is 9.36 Å². The Labute approximate surface area is 123 Å². The monoisotopic (exact) mass is 286 g/mol. The molecule has 1 aromatic carbocycles. The molecule has 2 N–H and O–H groups in total. The molecule has 110 valence electrons. The van der Waals surface area contributed by atoms with E-state index in [1.54, 1.807) is 6.07 Å². The number of aromatic nitrogens is 2. The van der Waals surface area contributed by atoms with Crippen LogP contribution in [0.15, 0.2) is 40.8 Å². The second-order valence-corrected chi connectivity index (χ2v) is 4.98. The van der Waals surface area contributed by atoms with E-state index in [2.05, 4.69) is 10.2 Å². The van der Waals surface area contributed by atoms with Crippen molar-refractivity contribution in [3.63, 3.8) is 0 Å². The minimum absolute atomic E-state index is 0.191. The summed E-state index contributed by atoms with van der Waals surface area (Å²) in [5, 5.41) is 8.43. The van der Waals surface area contributed by atoms with Crippen LogP contribution in [0, 0.1) is 0 Å². The molecular weight excluding hydrogens is 266 g/mol. The van der Waals surface area contributed by atoms with E-state index >= 15 is 0 Å². The number of ketones is 1. The highest BCUT2D eigenvalue weighted by molar-refractivity contribution is 5.81. The number of nitrogens with two attached hydrogens (primary N) is 1. The van der Waals surface area contributed by atoms with Gasteiger partial charge in [0.25, 0.3) is 0 Å². The number of aryl methyl sites for hydroxylation is 2. The molecule has 0 radical (unpaired) electrons. The average molecular weight is 286 g/mol. The normalized spacial score (nSPS) is 11.2. The molecule has 0 amide bonds. The highest BCUT2D eigenvalue weighted by atomic mass is 16.1. The first-order valence-corrected chi connectivity index (χ1v) is 6.84. The smallest absolute Gasteiger partial charge is 0.397 e. The maximum absolute atomic E-state index is 11.5. The topological polar surface area (TPSA) is 76.6 Å². The molecule has 0 aliphatic heterocycles. The Morgan fingerprint density at radius 1 is 1.38 bits per heavy atom. The van der Waals surface area contributed by atoms with Crippen LogP contribution in [0.3, 0.4) is 0 Å². The van der Waals surface area contributed by atoms with Crippen LogP contribution in [0.25, 0.3) is 0 Å². The van der Waals surface area contributed by atoms with Crippen LogP contribution in [-0.2, 0) is 25.3 Å². The Kier molecular flexibility index (Phi) is 4.47. The summed E-state index contributed by atoms with van der Waals surface area (Å²) in [5.74, 6) is 0.904. The van der Waals surface area contributed by atoms with Gasteiger partial charge < -0.3 is 5.73 Å². The molecular formula is C15H20N5O+. The zero-order valence-electron chi connectivity index (χ0n) is 12.6. The molecule has 0 bridgehead atoms. The Bertz CT molecular complexity index is 668. The van der Waals surface area contributed by atoms with Gasteiger partial charge in [-0.15, -0.1) is 0 Å². The fourth-order valence-corrected chi connectivity index (χ4v) is 1.96. The number of carbonyl (C=O) groups excluding carboxylic acids is 1. The van der Waals surface area contributed by atoms with Gasteiger partial charge in [0.15, 0.2) is 0 Å². The third-order valence-corrected chi connectivity index (χ3v) is 3.28. The summed E-state index contributed by atoms with van der Waals surface area (Å²) in [5.41, 5.74) is 7.95. The molecule has 2 aromatic rings. The number of azo groups is 1. The van der Waals surface area contributed by atoms with E-state index in [0.717, 1.165) is 5.56 Å². The first-order valence-electron chi connectivity index (χ1n) is 6.84. The van der Waals surface area contributed by atoms with E-state index in [0.29, 0.717) is 30.2 Å². The third-order valence-electron chi connectivity index (χ3n) is 3.28. The van der Waals surface area contributed by atoms with Gasteiger partial charge in [-0.25, -0.2) is 9.13 Å². The maximum atomic E-state index is 11.5. The lowest BCUT2D eigenvalue weighted by Gasteiger charge is -2.02. The van der Waals surface area contributed by atoms with E-state index in [1.165, 1.54) is 0 Å². The van der Waals surface area contributed by atoms with Crippen molar-refractivity contribution in [2.45, 2.75) is 19.8 Å². The van der Waals surface area contributed by atoms with Gasteiger partial charge in [-0.05, 0) is 17.7 Å². The van der Waals surface area contributed by atoms with Gasteiger partial charge in [-0.2, -0.15) is 0 Å². The van der Waals surface area contributed by atoms with Gasteiger partial charge in [0.1, 0.15) is 11.5 Å². The molecule has 0 spiro atoms. The molecule has 0 fully saturated rings. The lowest BCUT2D eigenvalue weighted by molar-refractivity contribution is -0.657. The van der Waals surface area contributed by atoms with Crippen LogP contribution in [0.4, 0.5) is 17.3 Å². The van der Waals surface area contributed by atoms with Gasteiger partial charge in [0, 0.05) is 18.0 Å². The van der Waals surface area contributed by atoms with Crippen molar-refractivity contribution in [1.82, 2.24) is 4.57 Å². The first-order chi connectivity index (χ1) is 10.0. The summed E-state index contributed by atoms with van der Waals surface area (Å²) in [6, 6.07) is 5.43. The van der Waals surface area contributed by atoms with Crippen LogP contribution in [0.2, 0.25) is 0 Å². The zero-order chi connectivity index (χ0) is 15.4. The van der Waals surface area contributed by atoms with Gasteiger partial charge in [0.2, 0.25) is 0 Å². The van der Waals surface area contributed by atoms with Crippen LogP contribution in [0.5, 0.6) is 0 Å². The molecule has 0 aliphatic carbocycles. The van der Waals surface area contributed by atoms with Crippen LogP contribution < -0.4 is 10.3 Å². The van der Waals surface area contributed by atoms with Crippen LogP contribution in [-0.4, -0.2) is 10.4 Å². The maximum Gasteiger partial charge on any atom is 0.421 e. The largest absolute Gasteiger partial charge is 0.421 e. The molecule has 1 heterocycles. The summed E-state index contributed by atoms with van der Waals surface area (Å²) in [4.78, 5) is 11.5. The van der Waals surface area contributed by atoms with E-state index in [4.69, 9.17) is 5.73 Å². The van der Waals surface area contributed by atoms with Gasteiger partial charge in [0.05, 0.1) is 32.2 Å². The van der Waals surface area contributed by atoms with Crippen molar-refractivity contribution in [3.05, 3.63) is 36.2 Å². The Hall–Kier alpha value is -2.50. The molecule has 0 saturated heterocycles. The van der Waals surface area contributed by atoms with Gasteiger partial charge in [-0.3, -0.25) is 4.79 Å². The molecule has 0 aliphatic rings. The van der Waals surface area contributed by atoms with Gasteiger partial charge >= 0.3 is 5.95 Å². The van der Waals surface area contributed by atoms with E-state index in [1.807, 2.05) is 54.7 Å². The van der Waals surface area contributed by atoms with Crippen molar-refractivity contribution in [2.24, 2.45) is 24.3 Å². The van der Waals surface area contributed by atoms with E-state index in [9.17, 15) is 4.79 Å². The summed E-state index contributed by atoms with van der Waals surface area (Å²) in [6.45, 7) is 1.86. The van der Waals surface area contributed by atoms with Crippen LogP contribution >= 0.6 is 0 Å². The molecule has 0 unspecified atom stereocenters. The fourth-order valence-electron chi connectivity index (χ4n) is 1.96. The Balaban J connectivity index is 2.27. The van der Waals surface area contributed by atoms with Gasteiger partial charge in [-0.1, -0.05) is 18.1 Å². The Morgan fingerprint density at radius 3 is 2.76 bits per heavy atom. The minimum atomic E-state index is 0.191.